The first kappa shape index (κ1) is 14.6. The van der Waals surface area contributed by atoms with Gasteiger partial charge < -0.3 is 5.32 Å². The fourth-order valence-corrected chi connectivity index (χ4v) is 2.19. The minimum atomic E-state index is -4.62. The molecule has 0 unspecified atom stereocenters. The fraction of sp³-hybridized carbons (Fsp3) is 0.0667. The van der Waals surface area contributed by atoms with E-state index < -0.39 is 12.0 Å². The monoisotopic (exact) mass is 323 g/mol. The summed E-state index contributed by atoms with van der Waals surface area (Å²) in [6.45, 7) is 0. The van der Waals surface area contributed by atoms with Crippen LogP contribution >= 0.6 is 11.6 Å². The third kappa shape index (κ3) is 2.96. The zero-order valence-electron chi connectivity index (χ0n) is 11.0. The van der Waals surface area contributed by atoms with Crippen LogP contribution < -0.4 is 5.32 Å². The second-order valence-corrected chi connectivity index (χ2v) is 4.98. The number of benzene rings is 2. The second kappa shape index (κ2) is 5.46. The molecule has 1 heterocycles. The van der Waals surface area contributed by atoms with E-state index in [1.54, 1.807) is 42.5 Å². The lowest BCUT2D eigenvalue weighted by molar-refractivity contribution is -0.144. The van der Waals surface area contributed by atoms with Crippen LogP contribution in [-0.2, 0) is 6.18 Å². The summed E-state index contributed by atoms with van der Waals surface area (Å²) in [6, 6.07) is 13.2. The first-order chi connectivity index (χ1) is 10.4. The summed E-state index contributed by atoms with van der Waals surface area (Å²) in [7, 11) is 0. The van der Waals surface area contributed by atoms with Crippen LogP contribution in [-0.4, -0.2) is 9.97 Å². The Labute approximate surface area is 128 Å². The number of alkyl halides is 3. The summed E-state index contributed by atoms with van der Waals surface area (Å²) in [5, 5.41) is 3.83. The molecule has 112 valence electrons. The molecule has 0 amide bonds. The van der Waals surface area contributed by atoms with Gasteiger partial charge in [-0.2, -0.15) is 13.2 Å². The number of para-hydroxylation sites is 1. The maximum atomic E-state index is 12.9. The van der Waals surface area contributed by atoms with Crippen LogP contribution in [0.25, 0.3) is 10.9 Å². The van der Waals surface area contributed by atoms with E-state index in [1.165, 1.54) is 6.07 Å². The summed E-state index contributed by atoms with van der Waals surface area (Å²) in [5.74, 6) is -1.10. The molecule has 1 aromatic heterocycles. The van der Waals surface area contributed by atoms with Gasteiger partial charge in [-0.3, -0.25) is 0 Å². The molecular formula is C15H9ClF3N3. The number of fused-ring (bicyclic) bond motifs is 1. The minimum absolute atomic E-state index is 0.0835. The standard InChI is InChI=1S/C15H9ClF3N3/c16-9-4-3-5-10(8-9)20-13-11-6-1-2-7-12(11)21-14(22-13)15(17,18)19/h1-8H,(H,20,21,22). The number of aromatic nitrogens is 2. The summed E-state index contributed by atoms with van der Waals surface area (Å²) < 4.78 is 38.8. The van der Waals surface area contributed by atoms with E-state index in [1.807, 2.05) is 0 Å². The molecule has 0 saturated carbocycles. The Kier molecular flexibility index (Phi) is 3.62. The lowest BCUT2D eigenvalue weighted by Crippen LogP contribution is -2.12. The third-order valence-electron chi connectivity index (χ3n) is 2.94. The van der Waals surface area contributed by atoms with E-state index in [0.29, 0.717) is 16.1 Å². The van der Waals surface area contributed by atoms with Crippen molar-refractivity contribution in [3.8, 4) is 0 Å². The van der Waals surface area contributed by atoms with E-state index in [9.17, 15) is 13.2 Å². The van der Waals surface area contributed by atoms with Crippen molar-refractivity contribution in [2.24, 2.45) is 0 Å². The lowest BCUT2D eigenvalue weighted by Gasteiger charge is -2.12. The zero-order valence-corrected chi connectivity index (χ0v) is 11.8. The van der Waals surface area contributed by atoms with Crippen LogP contribution in [0.5, 0.6) is 0 Å². The van der Waals surface area contributed by atoms with Crippen LogP contribution in [0.15, 0.2) is 48.5 Å². The van der Waals surface area contributed by atoms with Gasteiger partial charge in [0.15, 0.2) is 0 Å². The van der Waals surface area contributed by atoms with Crippen molar-refractivity contribution in [3.05, 3.63) is 59.4 Å². The molecule has 2 aromatic carbocycles. The molecule has 0 aliphatic rings. The fourth-order valence-electron chi connectivity index (χ4n) is 2.00. The minimum Gasteiger partial charge on any atom is -0.340 e. The van der Waals surface area contributed by atoms with Crippen molar-refractivity contribution in [2.75, 3.05) is 5.32 Å². The van der Waals surface area contributed by atoms with Gasteiger partial charge >= 0.3 is 6.18 Å². The third-order valence-corrected chi connectivity index (χ3v) is 3.18. The number of hydrogen-bond donors (Lipinski definition) is 1. The molecule has 7 heteroatoms. The molecule has 3 aromatic rings. The van der Waals surface area contributed by atoms with Gasteiger partial charge in [-0.1, -0.05) is 29.8 Å². The second-order valence-electron chi connectivity index (χ2n) is 4.55. The Morgan fingerprint density at radius 3 is 2.45 bits per heavy atom. The summed E-state index contributed by atoms with van der Waals surface area (Å²) in [5.41, 5.74) is 0.763. The van der Waals surface area contributed by atoms with Gasteiger partial charge in [-0.25, -0.2) is 9.97 Å². The number of nitrogens with one attached hydrogen (secondary N) is 1. The molecule has 0 bridgehead atoms. The highest BCUT2D eigenvalue weighted by atomic mass is 35.5. The molecule has 0 aliphatic heterocycles. The van der Waals surface area contributed by atoms with Gasteiger partial charge in [-0.15, -0.1) is 0 Å². The smallest absolute Gasteiger partial charge is 0.340 e. The van der Waals surface area contributed by atoms with E-state index in [0.717, 1.165) is 0 Å². The Hall–Kier alpha value is -2.34. The van der Waals surface area contributed by atoms with Crippen LogP contribution in [0.2, 0.25) is 5.02 Å². The van der Waals surface area contributed by atoms with Gasteiger partial charge in [0.2, 0.25) is 5.82 Å². The van der Waals surface area contributed by atoms with Gasteiger partial charge in [-0.05, 0) is 30.3 Å². The maximum Gasteiger partial charge on any atom is 0.451 e. The van der Waals surface area contributed by atoms with Crippen LogP contribution in [0.4, 0.5) is 24.7 Å². The van der Waals surface area contributed by atoms with Crippen LogP contribution in [0.3, 0.4) is 0 Å². The van der Waals surface area contributed by atoms with Gasteiger partial charge in [0.1, 0.15) is 5.82 Å². The Balaban J connectivity index is 2.14. The number of halogens is 4. The van der Waals surface area contributed by atoms with E-state index in [-0.39, 0.29) is 11.3 Å². The largest absolute Gasteiger partial charge is 0.451 e. The molecule has 0 aliphatic carbocycles. The Morgan fingerprint density at radius 1 is 0.955 bits per heavy atom. The van der Waals surface area contributed by atoms with Crippen molar-refractivity contribution in [1.82, 2.24) is 9.97 Å². The number of rotatable bonds is 2. The Bertz CT molecular complexity index is 834. The molecule has 22 heavy (non-hydrogen) atoms. The summed E-state index contributed by atoms with van der Waals surface area (Å²) >= 11 is 5.88. The van der Waals surface area contributed by atoms with Crippen molar-refractivity contribution in [1.29, 1.82) is 0 Å². The topological polar surface area (TPSA) is 37.8 Å². The average molecular weight is 324 g/mol. The highest BCUT2D eigenvalue weighted by Gasteiger charge is 2.35. The SMILES string of the molecule is FC(F)(F)c1nc(Nc2cccc(Cl)c2)c2ccccc2n1. The normalized spacial score (nSPS) is 11.6. The predicted octanol–water partition coefficient (Wildman–Crippen LogP) is 5.05. The van der Waals surface area contributed by atoms with Gasteiger partial charge in [0.25, 0.3) is 0 Å². The van der Waals surface area contributed by atoms with E-state index in [4.69, 9.17) is 11.6 Å². The first-order valence-electron chi connectivity index (χ1n) is 6.30. The van der Waals surface area contributed by atoms with Crippen molar-refractivity contribution >= 4 is 34.0 Å². The predicted molar refractivity (Wildman–Crippen MR) is 79.3 cm³/mol. The molecule has 0 spiro atoms. The lowest BCUT2D eigenvalue weighted by atomic mass is 10.2. The number of anilines is 2. The molecule has 3 nitrogen and oxygen atoms in total. The number of nitrogens with zero attached hydrogens (tertiary/aromatic N) is 2. The molecular weight excluding hydrogens is 315 g/mol. The highest BCUT2D eigenvalue weighted by molar-refractivity contribution is 6.30. The summed E-state index contributed by atoms with van der Waals surface area (Å²) in [6.07, 6.45) is -4.62. The molecule has 0 radical (unpaired) electrons. The molecule has 0 atom stereocenters. The Morgan fingerprint density at radius 2 is 1.73 bits per heavy atom. The molecule has 1 N–H and O–H groups in total. The average Bonchev–Trinajstić information content (AvgIpc) is 2.46. The van der Waals surface area contributed by atoms with Crippen LogP contribution in [0, 0.1) is 0 Å². The molecule has 0 saturated heterocycles. The van der Waals surface area contributed by atoms with E-state index >= 15 is 0 Å². The summed E-state index contributed by atoms with van der Waals surface area (Å²) in [4.78, 5) is 7.17. The van der Waals surface area contributed by atoms with Crippen molar-refractivity contribution in [2.45, 2.75) is 6.18 Å². The van der Waals surface area contributed by atoms with Gasteiger partial charge in [0, 0.05) is 16.1 Å². The highest BCUT2D eigenvalue weighted by Crippen LogP contribution is 2.31. The van der Waals surface area contributed by atoms with Crippen LogP contribution in [0.1, 0.15) is 5.82 Å². The van der Waals surface area contributed by atoms with E-state index in [2.05, 4.69) is 15.3 Å². The van der Waals surface area contributed by atoms with Crippen molar-refractivity contribution in [3.63, 3.8) is 0 Å². The number of hydrogen-bond acceptors (Lipinski definition) is 3. The van der Waals surface area contributed by atoms with Crippen molar-refractivity contribution < 1.29 is 13.2 Å². The molecule has 0 fully saturated rings. The first-order valence-corrected chi connectivity index (χ1v) is 6.68. The maximum absolute atomic E-state index is 12.9. The van der Waals surface area contributed by atoms with Gasteiger partial charge in [0.05, 0.1) is 5.52 Å². The quantitative estimate of drug-likeness (QED) is 0.717. The molecule has 3 rings (SSSR count). The zero-order chi connectivity index (χ0) is 15.7.